The Morgan fingerprint density at radius 1 is 1.29 bits per heavy atom. The summed E-state index contributed by atoms with van der Waals surface area (Å²) in [5, 5.41) is 18.4. The molecule has 0 atom stereocenters. The van der Waals surface area contributed by atoms with Crippen molar-refractivity contribution >= 4 is 17.8 Å². The molecular formula is C16H21N5O3. The van der Waals surface area contributed by atoms with Gasteiger partial charge in [0.25, 0.3) is 0 Å². The fourth-order valence-electron chi connectivity index (χ4n) is 2.15. The van der Waals surface area contributed by atoms with Crippen LogP contribution in [0.25, 0.3) is 5.82 Å². The van der Waals surface area contributed by atoms with Crippen molar-refractivity contribution in [3.8, 4) is 5.82 Å². The minimum absolute atomic E-state index is 0.0155. The van der Waals surface area contributed by atoms with Crippen molar-refractivity contribution in [2.24, 2.45) is 0 Å². The number of hydrogen-bond donors (Lipinski definition) is 3. The fourth-order valence-corrected chi connectivity index (χ4v) is 2.15. The summed E-state index contributed by atoms with van der Waals surface area (Å²) in [5.74, 6) is 0.175. The van der Waals surface area contributed by atoms with E-state index < -0.39 is 17.5 Å². The molecule has 3 N–H and O–H groups in total. The molecule has 2 aromatic rings. The quantitative estimate of drug-likeness (QED) is 0.753. The van der Waals surface area contributed by atoms with Gasteiger partial charge in [-0.05, 0) is 44.9 Å². The number of hydrogen-bond acceptors (Lipinski definition) is 4. The van der Waals surface area contributed by atoms with Crippen LogP contribution in [0.4, 0.5) is 10.6 Å². The molecule has 2 aromatic heterocycles. The van der Waals surface area contributed by atoms with Crippen molar-refractivity contribution in [3.05, 3.63) is 36.2 Å². The Hall–Kier alpha value is -2.90. The van der Waals surface area contributed by atoms with E-state index in [0.717, 1.165) is 5.56 Å². The largest absolute Gasteiger partial charge is 0.481 e. The van der Waals surface area contributed by atoms with Gasteiger partial charge < -0.3 is 10.4 Å². The number of nitrogens with one attached hydrogen (secondary N) is 2. The van der Waals surface area contributed by atoms with Crippen molar-refractivity contribution in [2.75, 3.05) is 5.32 Å². The van der Waals surface area contributed by atoms with Crippen molar-refractivity contribution in [1.29, 1.82) is 0 Å². The third kappa shape index (κ3) is 4.80. The third-order valence-electron chi connectivity index (χ3n) is 3.42. The van der Waals surface area contributed by atoms with Crippen LogP contribution >= 0.6 is 0 Å². The van der Waals surface area contributed by atoms with Crippen LogP contribution in [0, 0.1) is 6.92 Å². The Morgan fingerprint density at radius 3 is 2.71 bits per heavy atom. The fraction of sp³-hybridized carbons (Fsp3) is 0.375. The maximum atomic E-state index is 12.2. The van der Waals surface area contributed by atoms with E-state index in [-0.39, 0.29) is 6.42 Å². The van der Waals surface area contributed by atoms with E-state index in [2.05, 4.69) is 20.7 Å². The van der Waals surface area contributed by atoms with Gasteiger partial charge in [-0.3, -0.25) is 10.1 Å². The minimum atomic E-state index is -0.895. The number of carbonyl (C=O) groups excluding carboxylic acids is 1. The number of carboxylic acids is 1. The molecule has 128 valence electrons. The summed E-state index contributed by atoms with van der Waals surface area (Å²) < 4.78 is 1.52. The van der Waals surface area contributed by atoms with E-state index in [4.69, 9.17) is 5.11 Å². The Labute approximate surface area is 139 Å². The molecule has 0 radical (unpaired) electrons. The Balaban J connectivity index is 2.05. The smallest absolute Gasteiger partial charge is 0.320 e. The molecule has 8 heteroatoms. The van der Waals surface area contributed by atoms with Gasteiger partial charge >= 0.3 is 12.0 Å². The van der Waals surface area contributed by atoms with Crippen LogP contribution in [0.1, 0.15) is 32.3 Å². The lowest BCUT2D eigenvalue weighted by molar-refractivity contribution is -0.137. The number of aryl methyl sites for hydroxylation is 1. The molecular weight excluding hydrogens is 310 g/mol. The van der Waals surface area contributed by atoms with Gasteiger partial charge in [-0.1, -0.05) is 0 Å². The van der Waals surface area contributed by atoms with E-state index in [1.165, 1.54) is 4.68 Å². The number of aromatic nitrogens is 3. The predicted molar refractivity (Wildman–Crippen MR) is 89.2 cm³/mol. The average Bonchev–Trinajstić information content (AvgIpc) is 2.92. The van der Waals surface area contributed by atoms with Gasteiger partial charge in [-0.2, -0.15) is 9.78 Å². The molecule has 2 amide bonds. The van der Waals surface area contributed by atoms with Crippen LogP contribution < -0.4 is 10.6 Å². The second kappa shape index (κ2) is 7.12. The summed E-state index contributed by atoms with van der Waals surface area (Å²) in [5.41, 5.74) is 0.384. The number of rotatable bonds is 6. The molecule has 0 unspecified atom stereocenters. The third-order valence-corrected chi connectivity index (χ3v) is 3.42. The minimum Gasteiger partial charge on any atom is -0.481 e. The lowest BCUT2D eigenvalue weighted by atomic mass is 9.99. The van der Waals surface area contributed by atoms with E-state index >= 15 is 0 Å². The predicted octanol–water partition coefficient (Wildman–Crippen LogP) is 2.34. The van der Waals surface area contributed by atoms with Gasteiger partial charge in [0.1, 0.15) is 5.82 Å². The zero-order valence-electron chi connectivity index (χ0n) is 13.9. The maximum absolute atomic E-state index is 12.2. The van der Waals surface area contributed by atoms with Gasteiger partial charge in [0.05, 0.1) is 6.20 Å². The van der Waals surface area contributed by atoms with Crippen molar-refractivity contribution in [2.45, 2.75) is 39.2 Å². The molecule has 0 saturated carbocycles. The first-order valence-electron chi connectivity index (χ1n) is 7.55. The number of aliphatic carboxylic acids is 1. The molecule has 2 heterocycles. The number of nitrogens with zero attached hydrogens (tertiary/aromatic N) is 3. The summed E-state index contributed by atoms with van der Waals surface area (Å²) in [6.45, 7) is 5.49. The highest BCUT2D eigenvalue weighted by Gasteiger charge is 2.22. The maximum Gasteiger partial charge on any atom is 0.320 e. The number of amides is 2. The molecule has 0 fully saturated rings. The first-order chi connectivity index (χ1) is 11.3. The van der Waals surface area contributed by atoms with E-state index in [1.54, 1.807) is 32.3 Å². The number of carboxylic acid groups (broad SMARTS) is 1. The standard InChI is InChI=1S/C16H21N5O3/c1-11-5-8-17-13(10-11)21-12(6-9-18-21)19-15(24)20-16(2,3)7-4-14(22)23/h5-6,8-10H,4,7H2,1-3H3,(H,22,23)(H2,19,20,24). The van der Waals surface area contributed by atoms with Gasteiger partial charge in [0, 0.05) is 24.2 Å². The van der Waals surface area contributed by atoms with E-state index in [0.29, 0.717) is 18.1 Å². The Morgan fingerprint density at radius 2 is 2.04 bits per heavy atom. The molecule has 0 saturated heterocycles. The van der Waals surface area contributed by atoms with Crippen LogP contribution in [0.15, 0.2) is 30.6 Å². The van der Waals surface area contributed by atoms with Crippen LogP contribution in [-0.2, 0) is 4.79 Å². The second-order valence-corrected chi connectivity index (χ2v) is 6.18. The summed E-state index contributed by atoms with van der Waals surface area (Å²) in [6.07, 6.45) is 3.55. The van der Waals surface area contributed by atoms with Crippen LogP contribution in [0.5, 0.6) is 0 Å². The van der Waals surface area contributed by atoms with Gasteiger partial charge in [0.15, 0.2) is 5.82 Å². The Kier molecular flexibility index (Phi) is 5.18. The molecule has 0 aliphatic rings. The highest BCUT2D eigenvalue weighted by Crippen LogP contribution is 2.15. The summed E-state index contributed by atoms with van der Waals surface area (Å²) >= 11 is 0. The first-order valence-corrected chi connectivity index (χ1v) is 7.55. The van der Waals surface area contributed by atoms with Crippen LogP contribution in [0.2, 0.25) is 0 Å². The lowest BCUT2D eigenvalue weighted by Crippen LogP contribution is -2.46. The molecule has 0 aliphatic heterocycles. The van der Waals surface area contributed by atoms with Crippen LogP contribution in [-0.4, -0.2) is 37.4 Å². The van der Waals surface area contributed by atoms with Crippen molar-refractivity contribution in [3.63, 3.8) is 0 Å². The zero-order valence-corrected chi connectivity index (χ0v) is 13.9. The zero-order chi connectivity index (χ0) is 17.7. The van der Waals surface area contributed by atoms with Gasteiger partial charge in [0.2, 0.25) is 0 Å². The highest BCUT2D eigenvalue weighted by atomic mass is 16.4. The SMILES string of the molecule is Cc1ccnc(-n2nccc2NC(=O)NC(C)(C)CCC(=O)O)c1. The number of carbonyl (C=O) groups is 2. The monoisotopic (exact) mass is 331 g/mol. The Bertz CT molecular complexity index is 739. The second-order valence-electron chi connectivity index (χ2n) is 6.18. The number of urea groups is 1. The molecule has 0 aliphatic carbocycles. The summed E-state index contributed by atoms with van der Waals surface area (Å²) in [7, 11) is 0. The number of anilines is 1. The lowest BCUT2D eigenvalue weighted by Gasteiger charge is -2.25. The van der Waals surface area contributed by atoms with Gasteiger partial charge in [-0.15, -0.1) is 0 Å². The molecule has 0 aromatic carbocycles. The molecule has 2 rings (SSSR count). The van der Waals surface area contributed by atoms with E-state index in [1.807, 2.05) is 19.1 Å². The average molecular weight is 331 g/mol. The molecule has 8 nitrogen and oxygen atoms in total. The molecule has 0 bridgehead atoms. The highest BCUT2D eigenvalue weighted by molar-refractivity contribution is 5.89. The number of pyridine rings is 1. The van der Waals surface area contributed by atoms with Crippen molar-refractivity contribution in [1.82, 2.24) is 20.1 Å². The van der Waals surface area contributed by atoms with Crippen LogP contribution in [0.3, 0.4) is 0 Å². The van der Waals surface area contributed by atoms with Crippen molar-refractivity contribution < 1.29 is 14.7 Å². The summed E-state index contributed by atoms with van der Waals surface area (Å²) in [6, 6.07) is 4.96. The van der Waals surface area contributed by atoms with E-state index in [9.17, 15) is 9.59 Å². The first kappa shape index (κ1) is 17.5. The summed E-state index contributed by atoms with van der Waals surface area (Å²) in [4.78, 5) is 27.1. The topological polar surface area (TPSA) is 109 Å². The molecule has 24 heavy (non-hydrogen) atoms. The van der Waals surface area contributed by atoms with Gasteiger partial charge in [-0.25, -0.2) is 9.78 Å². The molecule has 0 spiro atoms. The normalized spacial score (nSPS) is 11.1.